The first kappa shape index (κ1) is 24.3. The van der Waals surface area contributed by atoms with E-state index in [-0.39, 0.29) is 11.9 Å². The summed E-state index contributed by atoms with van der Waals surface area (Å²) in [6.07, 6.45) is 0.544. The second-order valence-electron chi connectivity index (χ2n) is 9.83. The highest BCUT2D eigenvalue weighted by molar-refractivity contribution is 7.19. The van der Waals surface area contributed by atoms with Crippen LogP contribution in [0.15, 0.2) is 30.3 Å². The fourth-order valence-electron chi connectivity index (χ4n) is 4.98. The molecule has 9 nitrogen and oxygen atoms in total. The molecule has 1 saturated heterocycles. The van der Waals surface area contributed by atoms with Crippen molar-refractivity contribution in [3.63, 3.8) is 0 Å². The lowest BCUT2D eigenvalue weighted by Gasteiger charge is -2.27. The van der Waals surface area contributed by atoms with E-state index in [9.17, 15) is 9.59 Å². The summed E-state index contributed by atoms with van der Waals surface area (Å²) in [5, 5.41) is 7.98. The third kappa shape index (κ3) is 4.69. The van der Waals surface area contributed by atoms with Crippen LogP contribution in [0, 0.1) is 25.7 Å². The number of ether oxygens (including phenoxy) is 1. The molecular formula is C26H32N6O3S. The minimum Gasteiger partial charge on any atom is -0.392 e. The zero-order valence-electron chi connectivity index (χ0n) is 21.3. The maximum atomic E-state index is 13.9. The number of hydrogen-bond donors (Lipinski definition) is 1. The van der Waals surface area contributed by atoms with Crippen LogP contribution >= 0.6 is 11.3 Å². The standard InChI is InChI=1S/C26H32N6O3S/c1-6-32-21(11-16(3)29-32)35-26(34)27-13-20-19-12-18(19)14-31(20)24(33)22-23(36-25(28-22)30(4)5)17-9-7-8-15(2)10-17/h7-11,18-20H,6,12-14H2,1-5H3,(H,27,34)/t18-,19-,20+/m0/s1. The van der Waals surface area contributed by atoms with Gasteiger partial charge in [0.05, 0.1) is 16.6 Å². The molecule has 2 fully saturated rings. The third-order valence-corrected chi connectivity index (χ3v) is 8.13. The molecule has 190 valence electrons. The first-order chi connectivity index (χ1) is 17.2. The minimum absolute atomic E-state index is 0.0806. The molecule has 1 aliphatic carbocycles. The fraction of sp³-hybridized carbons (Fsp3) is 0.462. The van der Waals surface area contributed by atoms with E-state index in [4.69, 9.17) is 9.72 Å². The van der Waals surface area contributed by atoms with Crippen LogP contribution in [0.3, 0.4) is 0 Å². The van der Waals surface area contributed by atoms with Gasteiger partial charge in [-0.15, -0.1) is 0 Å². The molecule has 0 bridgehead atoms. The molecule has 0 radical (unpaired) electrons. The second kappa shape index (κ2) is 9.57. The van der Waals surface area contributed by atoms with Crippen LogP contribution in [0.1, 0.15) is 35.1 Å². The zero-order valence-corrected chi connectivity index (χ0v) is 22.1. The number of fused-ring (bicyclic) bond motifs is 1. The van der Waals surface area contributed by atoms with E-state index in [0.717, 1.165) is 33.3 Å². The van der Waals surface area contributed by atoms with Gasteiger partial charge in [0.1, 0.15) is 5.69 Å². The number of carbonyl (C=O) groups is 2. The van der Waals surface area contributed by atoms with Crippen LogP contribution in [0.2, 0.25) is 0 Å². The number of piperidine rings is 1. The summed E-state index contributed by atoms with van der Waals surface area (Å²) in [6.45, 7) is 7.48. The molecule has 1 aliphatic heterocycles. The third-order valence-electron chi connectivity index (χ3n) is 6.86. The summed E-state index contributed by atoms with van der Waals surface area (Å²) in [5.74, 6) is 1.21. The largest absolute Gasteiger partial charge is 0.414 e. The topological polar surface area (TPSA) is 92.6 Å². The van der Waals surface area contributed by atoms with Crippen LogP contribution in [-0.4, -0.2) is 64.9 Å². The number of nitrogens with one attached hydrogen (secondary N) is 1. The normalized spacial score (nSPS) is 20.2. The smallest absolute Gasteiger partial charge is 0.392 e. The molecule has 10 heteroatoms. The number of anilines is 1. The Morgan fingerprint density at radius 3 is 2.78 bits per heavy atom. The van der Waals surface area contributed by atoms with E-state index >= 15 is 0 Å². The van der Waals surface area contributed by atoms with E-state index < -0.39 is 6.09 Å². The van der Waals surface area contributed by atoms with Gasteiger partial charge in [0, 0.05) is 39.8 Å². The number of aromatic nitrogens is 3. The maximum Gasteiger partial charge on any atom is 0.414 e. The first-order valence-electron chi connectivity index (χ1n) is 12.3. The molecule has 3 atom stereocenters. The van der Waals surface area contributed by atoms with E-state index in [1.165, 1.54) is 11.3 Å². The molecule has 36 heavy (non-hydrogen) atoms. The van der Waals surface area contributed by atoms with Crippen molar-refractivity contribution in [3.8, 4) is 16.3 Å². The number of likely N-dealkylation sites (tertiary alicyclic amines) is 1. The Bertz CT molecular complexity index is 1300. The SMILES string of the molecule is CCn1nc(C)cc1OC(=O)NC[C@@H]1[C@H]2C[C@H]2CN1C(=O)c1nc(N(C)C)sc1-c1cccc(C)c1. The lowest BCUT2D eigenvalue weighted by atomic mass is 10.1. The number of aryl methyl sites for hydroxylation is 3. The van der Waals surface area contributed by atoms with Crippen LogP contribution < -0.4 is 15.0 Å². The monoisotopic (exact) mass is 508 g/mol. The van der Waals surface area contributed by atoms with Gasteiger partial charge in [0.2, 0.25) is 5.88 Å². The molecule has 0 unspecified atom stereocenters. The molecule has 3 heterocycles. The summed E-state index contributed by atoms with van der Waals surface area (Å²) in [6, 6.07) is 9.82. The van der Waals surface area contributed by atoms with E-state index in [1.807, 2.05) is 62.9 Å². The van der Waals surface area contributed by atoms with Crippen molar-refractivity contribution < 1.29 is 14.3 Å². The average molecular weight is 509 g/mol. The predicted octanol–water partition coefficient (Wildman–Crippen LogP) is 3.96. The Balaban J connectivity index is 1.33. The molecule has 1 N–H and O–H groups in total. The summed E-state index contributed by atoms with van der Waals surface area (Å²) in [5.41, 5.74) is 3.39. The Morgan fingerprint density at radius 1 is 1.25 bits per heavy atom. The molecule has 2 amide bonds. The molecule has 5 rings (SSSR count). The molecular weight excluding hydrogens is 476 g/mol. The summed E-state index contributed by atoms with van der Waals surface area (Å²) >= 11 is 1.52. The highest BCUT2D eigenvalue weighted by Crippen LogP contribution is 2.50. The van der Waals surface area contributed by atoms with Gasteiger partial charge in [-0.1, -0.05) is 41.2 Å². The first-order valence-corrected chi connectivity index (χ1v) is 13.1. The van der Waals surface area contributed by atoms with Crippen molar-refractivity contribution in [2.45, 2.75) is 39.8 Å². The Labute approximate surface area is 215 Å². The van der Waals surface area contributed by atoms with E-state index in [1.54, 1.807) is 10.7 Å². The number of nitrogens with zero attached hydrogens (tertiary/aromatic N) is 5. The van der Waals surface area contributed by atoms with Crippen molar-refractivity contribution in [1.82, 2.24) is 25.0 Å². The quantitative estimate of drug-likeness (QED) is 0.519. The van der Waals surface area contributed by atoms with Crippen LogP contribution in [-0.2, 0) is 6.54 Å². The van der Waals surface area contributed by atoms with Crippen molar-refractivity contribution in [2.24, 2.45) is 11.8 Å². The number of thiazole rings is 1. The summed E-state index contributed by atoms with van der Waals surface area (Å²) < 4.78 is 7.14. The molecule has 1 saturated carbocycles. The van der Waals surface area contributed by atoms with Crippen molar-refractivity contribution in [3.05, 3.63) is 47.3 Å². The van der Waals surface area contributed by atoms with Crippen molar-refractivity contribution in [2.75, 3.05) is 32.1 Å². The van der Waals surface area contributed by atoms with Gasteiger partial charge in [-0.25, -0.2) is 14.5 Å². The number of carbonyl (C=O) groups excluding carboxylic acids is 2. The fourth-order valence-corrected chi connectivity index (χ4v) is 5.96. The zero-order chi connectivity index (χ0) is 25.6. The van der Waals surface area contributed by atoms with Crippen LogP contribution in [0.25, 0.3) is 10.4 Å². The lowest BCUT2D eigenvalue weighted by molar-refractivity contribution is 0.0700. The molecule has 1 aromatic carbocycles. The van der Waals surface area contributed by atoms with Crippen LogP contribution in [0.5, 0.6) is 5.88 Å². The van der Waals surface area contributed by atoms with E-state index in [0.29, 0.717) is 43.0 Å². The number of hydrogen-bond acceptors (Lipinski definition) is 7. The lowest BCUT2D eigenvalue weighted by Crippen LogP contribution is -2.46. The molecule has 0 spiro atoms. The number of benzene rings is 1. The van der Waals surface area contributed by atoms with Gasteiger partial charge < -0.3 is 19.9 Å². The summed E-state index contributed by atoms with van der Waals surface area (Å²) in [7, 11) is 3.87. The Kier molecular flexibility index (Phi) is 6.46. The van der Waals surface area contributed by atoms with Gasteiger partial charge in [-0.3, -0.25) is 4.79 Å². The van der Waals surface area contributed by atoms with Crippen molar-refractivity contribution >= 4 is 28.5 Å². The number of rotatable bonds is 7. The summed E-state index contributed by atoms with van der Waals surface area (Å²) in [4.78, 5) is 35.9. The predicted molar refractivity (Wildman–Crippen MR) is 140 cm³/mol. The molecule has 3 aromatic rings. The average Bonchev–Trinajstić information content (AvgIpc) is 3.17. The number of amides is 2. The van der Waals surface area contributed by atoms with Gasteiger partial charge in [-0.2, -0.15) is 5.10 Å². The van der Waals surface area contributed by atoms with Gasteiger partial charge in [-0.05, 0) is 44.6 Å². The Hall–Kier alpha value is -3.40. The highest BCUT2D eigenvalue weighted by atomic mass is 32.1. The van der Waals surface area contributed by atoms with Gasteiger partial charge in [0.15, 0.2) is 5.13 Å². The maximum absolute atomic E-state index is 13.9. The minimum atomic E-state index is -0.537. The van der Waals surface area contributed by atoms with Gasteiger partial charge >= 0.3 is 6.09 Å². The van der Waals surface area contributed by atoms with Crippen LogP contribution in [0.4, 0.5) is 9.93 Å². The molecule has 2 aromatic heterocycles. The van der Waals surface area contributed by atoms with Crippen molar-refractivity contribution in [1.29, 1.82) is 0 Å². The Morgan fingerprint density at radius 2 is 2.06 bits per heavy atom. The van der Waals surface area contributed by atoms with E-state index in [2.05, 4.69) is 16.5 Å². The molecule has 2 aliphatic rings. The second-order valence-corrected chi connectivity index (χ2v) is 10.8. The van der Waals surface area contributed by atoms with Gasteiger partial charge in [0.25, 0.3) is 5.91 Å². The highest BCUT2D eigenvalue weighted by Gasteiger charge is 2.54.